The summed E-state index contributed by atoms with van der Waals surface area (Å²) in [4.78, 5) is 7.08. The Morgan fingerprint density at radius 3 is 2.41 bits per heavy atom. The summed E-state index contributed by atoms with van der Waals surface area (Å²) < 4.78 is 70.1. The number of hydrogen-bond donors (Lipinski definition) is 1. The van der Waals surface area contributed by atoms with Gasteiger partial charge in [0.05, 0.1) is 5.54 Å². The topological polar surface area (TPSA) is 63.8 Å². The van der Waals surface area contributed by atoms with E-state index in [0.717, 1.165) is 12.3 Å². The predicted octanol–water partition coefficient (Wildman–Crippen LogP) is 4.53. The third-order valence-corrected chi connectivity index (χ3v) is 4.27. The smallest absolute Gasteiger partial charge is 0.358 e. The van der Waals surface area contributed by atoms with Gasteiger partial charge >= 0.3 is 12.1 Å². The molecule has 0 unspecified atom stereocenters. The molecule has 2 heterocycles. The minimum atomic E-state index is -4.79. The standard InChI is InChI=1S/C17H11F5N4O/c18-11-4-2-1-3-10(11)16(5-6-16)25-14-12(19)7-9(8-23-14)13-24-15(27-26-13)17(20,21)22/h1-4,7-8H,5-6H2,(H,23,25). The third kappa shape index (κ3) is 3.22. The van der Waals surface area contributed by atoms with Gasteiger partial charge in [0.25, 0.3) is 0 Å². The second kappa shape index (κ2) is 6.00. The summed E-state index contributed by atoms with van der Waals surface area (Å²) >= 11 is 0. The summed E-state index contributed by atoms with van der Waals surface area (Å²) in [5.41, 5.74) is -0.424. The van der Waals surface area contributed by atoms with Crippen molar-refractivity contribution in [3.63, 3.8) is 0 Å². The fraction of sp³-hybridized carbons (Fsp3) is 0.235. The second-order valence-electron chi connectivity index (χ2n) is 6.16. The van der Waals surface area contributed by atoms with E-state index in [-0.39, 0.29) is 11.4 Å². The molecule has 0 aliphatic heterocycles. The van der Waals surface area contributed by atoms with E-state index in [0.29, 0.717) is 18.4 Å². The highest BCUT2D eigenvalue weighted by atomic mass is 19.4. The Kier molecular flexibility index (Phi) is 3.86. The molecule has 1 fully saturated rings. The number of pyridine rings is 1. The van der Waals surface area contributed by atoms with E-state index in [4.69, 9.17) is 0 Å². The van der Waals surface area contributed by atoms with Crippen LogP contribution >= 0.6 is 0 Å². The Bertz CT molecular complexity index is 997. The van der Waals surface area contributed by atoms with E-state index in [1.54, 1.807) is 18.2 Å². The average molecular weight is 382 g/mol. The lowest BCUT2D eigenvalue weighted by atomic mass is 10.0. The molecule has 0 bridgehead atoms. The number of halogens is 5. The largest absolute Gasteiger partial charge is 0.471 e. The number of nitrogens with one attached hydrogen (secondary N) is 1. The van der Waals surface area contributed by atoms with Crippen LogP contribution < -0.4 is 5.32 Å². The molecule has 10 heteroatoms. The maximum Gasteiger partial charge on any atom is 0.471 e. The molecule has 0 atom stereocenters. The van der Waals surface area contributed by atoms with Crippen LogP contribution in [0, 0.1) is 11.6 Å². The van der Waals surface area contributed by atoms with Crippen LogP contribution in [0.15, 0.2) is 41.1 Å². The molecular weight excluding hydrogens is 371 g/mol. The number of benzene rings is 1. The van der Waals surface area contributed by atoms with Crippen molar-refractivity contribution in [2.45, 2.75) is 24.6 Å². The summed E-state index contributed by atoms with van der Waals surface area (Å²) in [7, 11) is 0. The molecule has 0 spiro atoms. The van der Waals surface area contributed by atoms with Gasteiger partial charge in [0, 0.05) is 17.3 Å². The molecule has 1 aliphatic rings. The Morgan fingerprint density at radius 1 is 1.07 bits per heavy atom. The van der Waals surface area contributed by atoms with Crippen LogP contribution in [0.5, 0.6) is 0 Å². The fourth-order valence-electron chi connectivity index (χ4n) is 2.77. The minimum absolute atomic E-state index is 0.0759. The molecule has 4 rings (SSSR count). The van der Waals surface area contributed by atoms with Crippen LogP contribution in [0.4, 0.5) is 27.8 Å². The summed E-state index contributed by atoms with van der Waals surface area (Å²) in [6, 6.07) is 7.11. The first-order valence-corrected chi connectivity index (χ1v) is 7.88. The number of aromatic nitrogens is 3. The SMILES string of the molecule is Fc1ccccc1C1(Nc2ncc(-c3noc(C(F)(F)F)n3)cc2F)CC1. The zero-order chi connectivity index (χ0) is 19.2. The van der Waals surface area contributed by atoms with E-state index in [1.165, 1.54) is 6.07 Å². The van der Waals surface area contributed by atoms with Crippen molar-refractivity contribution in [3.8, 4) is 11.4 Å². The Hall–Kier alpha value is -3.04. The molecule has 1 N–H and O–H groups in total. The van der Waals surface area contributed by atoms with Crippen molar-refractivity contribution >= 4 is 5.82 Å². The highest BCUT2D eigenvalue weighted by Crippen LogP contribution is 2.49. The van der Waals surface area contributed by atoms with E-state index in [2.05, 4.69) is 25.0 Å². The van der Waals surface area contributed by atoms with Crippen LogP contribution in [0.1, 0.15) is 24.3 Å². The first-order valence-electron chi connectivity index (χ1n) is 7.88. The Morgan fingerprint density at radius 2 is 1.81 bits per heavy atom. The molecule has 2 aromatic heterocycles. The van der Waals surface area contributed by atoms with Crippen molar-refractivity contribution in [1.29, 1.82) is 0 Å². The number of alkyl halides is 3. The Balaban J connectivity index is 1.60. The van der Waals surface area contributed by atoms with Gasteiger partial charge < -0.3 is 9.84 Å². The van der Waals surface area contributed by atoms with Crippen molar-refractivity contribution in [1.82, 2.24) is 15.1 Å². The summed E-state index contributed by atoms with van der Waals surface area (Å²) in [5.74, 6) is -3.34. The minimum Gasteiger partial charge on any atom is -0.358 e. The molecule has 0 radical (unpaired) electrons. The number of anilines is 1. The van der Waals surface area contributed by atoms with Gasteiger partial charge in [-0.15, -0.1) is 0 Å². The van der Waals surface area contributed by atoms with Crippen molar-refractivity contribution in [3.05, 3.63) is 59.6 Å². The van der Waals surface area contributed by atoms with Gasteiger partial charge in [-0.25, -0.2) is 13.8 Å². The summed E-state index contributed by atoms with van der Waals surface area (Å²) in [6.07, 6.45) is -2.49. The van der Waals surface area contributed by atoms with Gasteiger partial charge in [-0.3, -0.25) is 0 Å². The lowest BCUT2D eigenvalue weighted by Gasteiger charge is -2.19. The van der Waals surface area contributed by atoms with E-state index in [1.807, 2.05) is 0 Å². The number of rotatable bonds is 4. The molecule has 1 saturated carbocycles. The van der Waals surface area contributed by atoms with E-state index in [9.17, 15) is 22.0 Å². The monoisotopic (exact) mass is 382 g/mol. The lowest BCUT2D eigenvalue weighted by molar-refractivity contribution is -0.159. The van der Waals surface area contributed by atoms with Crippen LogP contribution in [-0.4, -0.2) is 15.1 Å². The first kappa shape index (κ1) is 17.4. The number of hydrogen-bond acceptors (Lipinski definition) is 5. The number of nitrogens with zero attached hydrogens (tertiary/aromatic N) is 3. The van der Waals surface area contributed by atoms with Gasteiger partial charge in [-0.1, -0.05) is 23.4 Å². The van der Waals surface area contributed by atoms with Gasteiger partial charge in [0.1, 0.15) is 5.82 Å². The highest BCUT2D eigenvalue weighted by Gasteiger charge is 2.46. The maximum atomic E-state index is 14.4. The molecule has 1 aromatic carbocycles. The van der Waals surface area contributed by atoms with Gasteiger partial charge in [-0.05, 0) is 25.0 Å². The second-order valence-corrected chi connectivity index (χ2v) is 6.16. The van der Waals surface area contributed by atoms with Crippen LogP contribution in [0.2, 0.25) is 0 Å². The quantitative estimate of drug-likeness (QED) is 0.672. The van der Waals surface area contributed by atoms with Crippen LogP contribution in [0.3, 0.4) is 0 Å². The average Bonchev–Trinajstić information content (AvgIpc) is 3.19. The predicted molar refractivity (Wildman–Crippen MR) is 83.4 cm³/mol. The molecular formula is C17H11F5N4O. The summed E-state index contributed by atoms with van der Waals surface area (Å²) in [6.45, 7) is 0. The van der Waals surface area contributed by atoms with Crippen molar-refractivity contribution in [2.75, 3.05) is 5.32 Å². The molecule has 27 heavy (non-hydrogen) atoms. The molecule has 1 aliphatic carbocycles. The van der Waals surface area contributed by atoms with Crippen molar-refractivity contribution < 1.29 is 26.5 Å². The fourth-order valence-corrected chi connectivity index (χ4v) is 2.77. The van der Waals surface area contributed by atoms with Gasteiger partial charge in [0.15, 0.2) is 11.6 Å². The molecule has 3 aromatic rings. The molecule has 5 nitrogen and oxygen atoms in total. The highest BCUT2D eigenvalue weighted by molar-refractivity contribution is 5.57. The molecule has 0 amide bonds. The Labute approximate surface area is 149 Å². The molecule has 140 valence electrons. The van der Waals surface area contributed by atoms with Gasteiger partial charge in [-0.2, -0.15) is 18.2 Å². The van der Waals surface area contributed by atoms with Crippen molar-refractivity contribution in [2.24, 2.45) is 0 Å². The maximum absolute atomic E-state index is 14.4. The molecule has 0 saturated heterocycles. The normalized spacial score (nSPS) is 15.6. The summed E-state index contributed by atoms with van der Waals surface area (Å²) in [5, 5.41) is 6.08. The third-order valence-electron chi connectivity index (χ3n) is 4.27. The lowest BCUT2D eigenvalue weighted by Crippen LogP contribution is -2.21. The van der Waals surface area contributed by atoms with Crippen LogP contribution in [-0.2, 0) is 11.7 Å². The van der Waals surface area contributed by atoms with Crippen LogP contribution in [0.25, 0.3) is 11.4 Å². The van der Waals surface area contributed by atoms with E-state index >= 15 is 0 Å². The zero-order valence-corrected chi connectivity index (χ0v) is 13.5. The van der Waals surface area contributed by atoms with E-state index < -0.39 is 35.1 Å². The first-order chi connectivity index (χ1) is 12.8. The zero-order valence-electron chi connectivity index (χ0n) is 13.5. The van der Waals surface area contributed by atoms with Gasteiger partial charge in [0.2, 0.25) is 5.82 Å².